The molecule has 10 nitrogen and oxygen atoms in total. The second kappa shape index (κ2) is 10.8. The number of morpholine rings is 1. The average Bonchev–Trinajstić information content (AvgIpc) is 3.15. The molecule has 2 unspecified atom stereocenters. The number of ether oxygens (including phenoxy) is 1. The van der Waals surface area contributed by atoms with Crippen molar-refractivity contribution in [3.8, 4) is 0 Å². The number of carbonyl (C=O) groups excluding carboxylic acids is 4. The lowest BCUT2D eigenvalue weighted by Crippen LogP contribution is -2.64. The van der Waals surface area contributed by atoms with Gasteiger partial charge in [0.05, 0.1) is 23.3 Å². The summed E-state index contributed by atoms with van der Waals surface area (Å²) in [6, 6.07) is 4.35. The molecule has 0 saturated carbocycles. The van der Waals surface area contributed by atoms with Gasteiger partial charge < -0.3 is 10.1 Å². The molecule has 4 heterocycles. The van der Waals surface area contributed by atoms with Gasteiger partial charge in [-0.2, -0.15) is 0 Å². The molecule has 218 valence electrons. The Labute approximate surface area is 238 Å². The molecule has 0 radical (unpaired) electrons. The maximum absolute atomic E-state index is 15.2. The first-order valence-electron chi connectivity index (χ1n) is 14.3. The highest BCUT2D eigenvalue weighted by atomic mass is 19.1. The van der Waals surface area contributed by atoms with Crippen LogP contribution in [0.3, 0.4) is 0 Å². The molecule has 6 rings (SSSR count). The Morgan fingerprint density at radius 3 is 2.68 bits per heavy atom. The Morgan fingerprint density at radius 1 is 1.15 bits per heavy atom. The average molecular weight is 566 g/mol. The number of anilines is 1. The molecule has 0 bridgehead atoms. The zero-order valence-electron chi connectivity index (χ0n) is 23.5. The Kier molecular flexibility index (Phi) is 7.29. The summed E-state index contributed by atoms with van der Waals surface area (Å²) in [5.74, 6) is -2.32. The zero-order valence-corrected chi connectivity index (χ0v) is 23.5. The molecule has 0 spiro atoms. The first kappa shape index (κ1) is 27.7. The lowest BCUT2D eigenvalue weighted by Gasteiger charge is -2.50. The van der Waals surface area contributed by atoms with Crippen LogP contribution in [0.5, 0.6) is 0 Å². The van der Waals surface area contributed by atoms with Gasteiger partial charge in [0.2, 0.25) is 11.8 Å². The van der Waals surface area contributed by atoms with Crippen molar-refractivity contribution in [3.05, 3.63) is 52.9 Å². The molecule has 1 aromatic carbocycles. The molecular formula is C30H36FN5O5. The molecule has 3 fully saturated rings. The molecule has 0 aromatic heterocycles. The Bertz CT molecular complexity index is 1350. The number of hydrogen-bond donors (Lipinski definition) is 2. The van der Waals surface area contributed by atoms with E-state index in [0.717, 1.165) is 44.2 Å². The fourth-order valence-corrected chi connectivity index (χ4v) is 6.52. The second-order valence-electron chi connectivity index (χ2n) is 12.2. The summed E-state index contributed by atoms with van der Waals surface area (Å²) in [4.78, 5) is 56.1. The fourth-order valence-electron chi connectivity index (χ4n) is 6.52. The van der Waals surface area contributed by atoms with Crippen molar-refractivity contribution in [2.24, 2.45) is 5.92 Å². The van der Waals surface area contributed by atoms with Gasteiger partial charge in [0, 0.05) is 69.4 Å². The van der Waals surface area contributed by atoms with Gasteiger partial charge in [0.25, 0.3) is 11.8 Å². The fraction of sp³-hybridized carbons (Fsp3) is 0.533. The first-order valence-corrected chi connectivity index (χ1v) is 14.3. The molecule has 11 heteroatoms. The minimum absolute atomic E-state index is 0.0558. The standard InChI is InChI=1S/C30H36FN5O5/c1-30(2)17-35(10-11-41-30)20-15-34(16-20)14-18-6-7-19(22(31)12-18)13-32-23-5-3-4-21-26(23)29(40)36(28(21)39)24-8-9-25(37)33-27(24)38/h3-7,18,20,24,32H,8-17H2,1-2H3,(H,33,37,38). The summed E-state index contributed by atoms with van der Waals surface area (Å²) in [6.45, 7) is 9.85. The quantitative estimate of drug-likeness (QED) is 0.484. The number of piperidine rings is 1. The lowest BCUT2D eigenvalue weighted by atomic mass is 9.93. The Hall–Kier alpha value is -3.41. The van der Waals surface area contributed by atoms with Gasteiger partial charge in [-0.25, -0.2) is 4.39 Å². The summed E-state index contributed by atoms with van der Waals surface area (Å²) < 4.78 is 21.0. The third-order valence-corrected chi connectivity index (χ3v) is 8.70. The molecular weight excluding hydrogens is 529 g/mol. The number of hydrogen-bond acceptors (Lipinski definition) is 8. The number of carbonyl (C=O) groups is 4. The van der Waals surface area contributed by atoms with Crippen LogP contribution in [0.25, 0.3) is 0 Å². The van der Waals surface area contributed by atoms with Gasteiger partial charge >= 0.3 is 0 Å². The topological polar surface area (TPSA) is 111 Å². The van der Waals surface area contributed by atoms with Crippen LogP contribution >= 0.6 is 0 Å². The molecule has 2 atom stereocenters. The van der Waals surface area contributed by atoms with Gasteiger partial charge in [0.1, 0.15) is 11.9 Å². The number of nitrogens with zero attached hydrogens (tertiary/aromatic N) is 3. The lowest BCUT2D eigenvalue weighted by molar-refractivity contribution is -0.136. The molecule has 3 saturated heterocycles. The Balaban J connectivity index is 1.04. The summed E-state index contributed by atoms with van der Waals surface area (Å²) in [6.07, 6.45) is 4.34. The number of amides is 4. The van der Waals surface area contributed by atoms with E-state index in [2.05, 4.69) is 40.4 Å². The van der Waals surface area contributed by atoms with Crippen LogP contribution in [0.4, 0.5) is 10.1 Å². The highest BCUT2D eigenvalue weighted by Crippen LogP contribution is 2.34. The smallest absolute Gasteiger partial charge is 0.264 e. The van der Waals surface area contributed by atoms with E-state index >= 15 is 4.39 Å². The number of allylic oxidation sites excluding steroid dienone is 1. The number of fused-ring (bicyclic) bond motifs is 1. The number of benzene rings is 1. The maximum atomic E-state index is 15.2. The molecule has 4 aliphatic heterocycles. The van der Waals surface area contributed by atoms with Crippen LogP contribution < -0.4 is 10.6 Å². The van der Waals surface area contributed by atoms with E-state index in [1.54, 1.807) is 12.1 Å². The number of nitrogens with one attached hydrogen (secondary N) is 2. The van der Waals surface area contributed by atoms with Gasteiger partial charge in [-0.05, 0) is 38.3 Å². The van der Waals surface area contributed by atoms with Crippen LogP contribution in [0, 0.1) is 5.92 Å². The minimum Gasteiger partial charge on any atom is -0.380 e. The van der Waals surface area contributed by atoms with E-state index in [4.69, 9.17) is 4.74 Å². The summed E-state index contributed by atoms with van der Waals surface area (Å²) in [7, 11) is 0. The van der Waals surface area contributed by atoms with E-state index in [0.29, 0.717) is 23.7 Å². The van der Waals surface area contributed by atoms with Crippen molar-refractivity contribution < 1.29 is 28.3 Å². The van der Waals surface area contributed by atoms with E-state index < -0.39 is 29.7 Å². The van der Waals surface area contributed by atoms with E-state index in [-0.39, 0.29) is 47.9 Å². The number of halogens is 1. The van der Waals surface area contributed by atoms with Crippen molar-refractivity contribution in [2.45, 2.75) is 50.8 Å². The van der Waals surface area contributed by atoms with Gasteiger partial charge in [-0.1, -0.05) is 18.2 Å². The monoisotopic (exact) mass is 565 g/mol. The molecule has 4 amide bonds. The van der Waals surface area contributed by atoms with Gasteiger partial charge in [0.15, 0.2) is 0 Å². The number of imide groups is 2. The van der Waals surface area contributed by atoms with E-state index in [1.807, 2.05) is 6.08 Å². The van der Waals surface area contributed by atoms with Crippen molar-refractivity contribution in [2.75, 3.05) is 51.2 Å². The molecule has 1 aliphatic carbocycles. The summed E-state index contributed by atoms with van der Waals surface area (Å²) >= 11 is 0. The second-order valence-corrected chi connectivity index (χ2v) is 12.2. The largest absolute Gasteiger partial charge is 0.380 e. The molecule has 41 heavy (non-hydrogen) atoms. The van der Waals surface area contributed by atoms with Crippen LogP contribution in [0.2, 0.25) is 0 Å². The Morgan fingerprint density at radius 2 is 1.95 bits per heavy atom. The normalized spacial score (nSPS) is 27.2. The van der Waals surface area contributed by atoms with Crippen LogP contribution in [0.15, 0.2) is 41.8 Å². The van der Waals surface area contributed by atoms with Crippen LogP contribution in [0.1, 0.15) is 53.8 Å². The van der Waals surface area contributed by atoms with Gasteiger partial charge in [-0.3, -0.25) is 39.2 Å². The third-order valence-electron chi connectivity index (χ3n) is 8.70. The van der Waals surface area contributed by atoms with Crippen LogP contribution in [-0.2, 0) is 14.3 Å². The predicted molar refractivity (Wildman–Crippen MR) is 149 cm³/mol. The predicted octanol–water partition coefficient (Wildman–Crippen LogP) is 2.09. The van der Waals surface area contributed by atoms with E-state index in [1.165, 1.54) is 6.07 Å². The number of rotatable bonds is 7. The number of likely N-dealkylation sites (tertiary alicyclic amines) is 1. The minimum atomic E-state index is -1.03. The highest BCUT2D eigenvalue weighted by Gasteiger charge is 2.45. The summed E-state index contributed by atoms with van der Waals surface area (Å²) in [5, 5.41) is 5.33. The SMILES string of the molecule is CC1(C)CN(C2CN(CC3C=CC(CNc4cccc5c4C(=O)N(C4CCC(=O)NC4=O)C5=O)=C(F)C3)C2)CCO1. The van der Waals surface area contributed by atoms with Crippen molar-refractivity contribution in [1.29, 1.82) is 0 Å². The first-order chi connectivity index (χ1) is 19.6. The maximum Gasteiger partial charge on any atom is 0.264 e. The third kappa shape index (κ3) is 5.45. The van der Waals surface area contributed by atoms with Crippen molar-refractivity contribution in [3.63, 3.8) is 0 Å². The van der Waals surface area contributed by atoms with E-state index in [9.17, 15) is 19.2 Å². The zero-order chi connectivity index (χ0) is 28.9. The van der Waals surface area contributed by atoms with Crippen molar-refractivity contribution >= 4 is 29.3 Å². The molecule has 5 aliphatic rings. The van der Waals surface area contributed by atoms with Crippen LogP contribution in [-0.4, -0.2) is 102 Å². The summed E-state index contributed by atoms with van der Waals surface area (Å²) in [5.41, 5.74) is 1.15. The molecule has 1 aromatic rings. The van der Waals surface area contributed by atoms with Gasteiger partial charge in [-0.15, -0.1) is 0 Å². The van der Waals surface area contributed by atoms with Crippen molar-refractivity contribution in [1.82, 2.24) is 20.0 Å². The highest BCUT2D eigenvalue weighted by molar-refractivity contribution is 6.25. The molecule has 2 N–H and O–H groups in total.